The van der Waals surface area contributed by atoms with Gasteiger partial charge >= 0.3 is 0 Å². The smallest absolute Gasteiger partial charge is 0.270 e. The molecule has 0 spiro atoms. The van der Waals surface area contributed by atoms with Crippen LogP contribution in [0.4, 0.5) is 10.1 Å². The minimum atomic E-state index is -0.857. The summed E-state index contributed by atoms with van der Waals surface area (Å²) in [4.78, 5) is 13.0. The minimum Gasteiger partial charge on any atom is -0.476 e. The van der Waals surface area contributed by atoms with Gasteiger partial charge in [-0.3, -0.25) is 4.79 Å². The van der Waals surface area contributed by atoms with Gasteiger partial charge in [-0.25, -0.2) is 4.39 Å². The third-order valence-corrected chi connectivity index (χ3v) is 5.27. The van der Waals surface area contributed by atoms with Crippen molar-refractivity contribution in [3.8, 4) is 16.9 Å². The number of hydrogen-bond donors (Lipinski definition) is 1. The van der Waals surface area contributed by atoms with Crippen LogP contribution in [0.25, 0.3) is 11.1 Å². The Kier molecular flexibility index (Phi) is 6.43. The second-order valence-corrected chi connectivity index (χ2v) is 7.85. The van der Waals surface area contributed by atoms with Crippen LogP contribution in [0.2, 0.25) is 0 Å². The first-order valence-corrected chi connectivity index (χ1v) is 10.5. The van der Waals surface area contributed by atoms with Crippen LogP contribution in [0.5, 0.6) is 5.75 Å². The van der Waals surface area contributed by atoms with Crippen LogP contribution >= 0.6 is 15.9 Å². The number of halogens is 2. The lowest BCUT2D eigenvalue weighted by Gasteiger charge is -2.19. The predicted molar refractivity (Wildman–Crippen MR) is 124 cm³/mol. The van der Waals surface area contributed by atoms with E-state index in [-0.39, 0.29) is 11.7 Å². The van der Waals surface area contributed by atoms with Gasteiger partial charge in [-0.1, -0.05) is 70.5 Å². The van der Waals surface area contributed by atoms with Crippen LogP contribution in [0.1, 0.15) is 11.7 Å². The Balaban J connectivity index is 1.55. The second kappa shape index (κ2) is 9.58. The van der Waals surface area contributed by atoms with Gasteiger partial charge < -0.3 is 10.1 Å². The first kappa shape index (κ1) is 20.8. The largest absolute Gasteiger partial charge is 0.476 e. The van der Waals surface area contributed by atoms with E-state index in [1.807, 2.05) is 78.9 Å². The number of anilines is 1. The molecule has 0 aromatic heterocycles. The van der Waals surface area contributed by atoms with Gasteiger partial charge in [0.1, 0.15) is 11.6 Å². The molecular weight excluding hydrogens is 457 g/mol. The standard InChI is InChI=1S/C26H19BrFNO2/c27-21-10-6-18(7-11-21)19-8-16-24(17-9-19)31-25(20-4-2-1-3-5-20)26(30)29-23-14-12-22(28)13-15-23/h1-17,25H,(H,29,30). The minimum absolute atomic E-state index is 0.338. The number of benzene rings is 4. The van der Waals surface area contributed by atoms with Crippen molar-refractivity contribution >= 4 is 27.5 Å². The number of ether oxygens (including phenoxy) is 1. The molecule has 0 saturated heterocycles. The summed E-state index contributed by atoms with van der Waals surface area (Å²) in [5.74, 6) is -0.126. The molecule has 154 valence electrons. The molecule has 0 bridgehead atoms. The van der Waals surface area contributed by atoms with E-state index >= 15 is 0 Å². The first-order valence-electron chi connectivity index (χ1n) is 9.72. The van der Waals surface area contributed by atoms with E-state index in [2.05, 4.69) is 21.2 Å². The second-order valence-electron chi connectivity index (χ2n) is 6.94. The summed E-state index contributed by atoms with van der Waals surface area (Å²) in [6.45, 7) is 0. The van der Waals surface area contributed by atoms with Crippen LogP contribution in [-0.4, -0.2) is 5.91 Å². The summed E-state index contributed by atoms with van der Waals surface area (Å²) in [5.41, 5.74) is 3.36. The lowest BCUT2D eigenvalue weighted by atomic mass is 10.1. The average Bonchev–Trinajstić information content (AvgIpc) is 2.80. The SMILES string of the molecule is O=C(Nc1ccc(F)cc1)C(Oc1ccc(-c2ccc(Br)cc2)cc1)c1ccccc1. The monoisotopic (exact) mass is 475 g/mol. The zero-order valence-corrected chi connectivity index (χ0v) is 18.1. The maximum atomic E-state index is 13.2. The van der Waals surface area contributed by atoms with E-state index in [9.17, 15) is 9.18 Å². The Morgan fingerprint density at radius 1 is 0.774 bits per heavy atom. The number of carbonyl (C=O) groups is 1. The van der Waals surface area contributed by atoms with Crippen molar-refractivity contribution in [2.45, 2.75) is 6.10 Å². The number of nitrogens with one attached hydrogen (secondary N) is 1. The van der Waals surface area contributed by atoms with Crippen molar-refractivity contribution in [1.29, 1.82) is 0 Å². The molecule has 0 aliphatic heterocycles. The fraction of sp³-hybridized carbons (Fsp3) is 0.0385. The molecule has 5 heteroatoms. The third kappa shape index (κ3) is 5.38. The molecule has 4 aromatic carbocycles. The van der Waals surface area contributed by atoms with Gasteiger partial charge in [0, 0.05) is 15.7 Å². The molecule has 4 rings (SSSR count). The van der Waals surface area contributed by atoms with Crippen LogP contribution in [-0.2, 0) is 4.79 Å². The van der Waals surface area contributed by atoms with Crippen LogP contribution < -0.4 is 10.1 Å². The topological polar surface area (TPSA) is 38.3 Å². The molecule has 1 N–H and O–H groups in total. The lowest BCUT2D eigenvalue weighted by molar-refractivity contribution is -0.123. The van der Waals surface area contributed by atoms with Gasteiger partial charge in [-0.2, -0.15) is 0 Å². The van der Waals surface area contributed by atoms with Crippen LogP contribution in [0.3, 0.4) is 0 Å². The van der Waals surface area contributed by atoms with Crippen molar-refractivity contribution in [2.24, 2.45) is 0 Å². The fourth-order valence-electron chi connectivity index (χ4n) is 3.15. The molecule has 1 atom stereocenters. The zero-order chi connectivity index (χ0) is 21.6. The first-order chi connectivity index (χ1) is 15.1. The Morgan fingerprint density at radius 2 is 1.35 bits per heavy atom. The Bertz CT molecular complexity index is 1140. The van der Waals surface area contributed by atoms with Crippen LogP contribution in [0, 0.1) is 5.82 Å². The normalized spacial score (nSPS) is 11.5. The molecule has 0 aliphatic carbocycles. The fourth-order valence-corrected chi connectivity index (χ4v) is 3.41. The molecule has 0 radical (unpaired) electrons. The number of amides is 1. The van der Waals surface area contributed by atoms with Crippen molar-refractivity contribution < 1.29 is 13.9 Å². The highest BCUT2D eigenvalue weighted by atomic mass is 79.9. The maximum Gasteiger partial charge on any atom is 0.270 e. The Hall–Kier alpha value is -3.44. The van der Waals surface area contributed by atoms with Gasteiger partial charge in [-0.05, 0) is 59.7 Å². The third-order valence-electron chi connectivity index (χ3n) is 4.74. The predicted octanol–water partition coefficient (Wildman–Crippen LogP) is 7.01. The highest BCUT2D eigenvalue weighted by Gasteiger charge is 2.23. The van der Waals surface area contributed by atoms with Crippen molar-refractivity contribution in [3.05, 3.63) is 119 Å². The number of carbonyl (C=O) groups excluding carboxylic acids is 1. The summed E-state index contributed by atoms with van der Waals surface area (Å²) in [6.07, 6.45) is -0.857. The highest BCUT2D eigenvalue weighted by Crippen LogP contribution is 2.28. The summed E-state index contributed by atoms with van der Waals surface area (Å²) in [6, 6.07) is 30.5. The molecule has 31 heavy (non-hydrogen) atoms. The maximum absolute atomic E-state index is 13.2. The average molecular weight is 476 g/mol. The van der Waals surface area contributed by atoms with E-state index < -0.39 is 6.10 Å². The van der Waals surface area contributed by atoms with Crippen molar-refractivity contribution in [1.82, 2.24) is 0 Å². The quantitative estimate of drug-likeness (QED) is 0.325. The van der Waals surface area contributed by atoms with Gasteiger partial charge in [0.2, 0.25) is 6.10 Å². The highest BCUT2D eigenvalue weighted by molar-refractivity contribution is 9.10. The molecule has 3 nitrogen and oxygen atoms in total. The van der Waals surface area contributed by atoms with Crippen LogP contribution in [0.15, 0.2) is 108 Å². The summed E-state index contributed by atoms with van der Waals surface area (Å²) in [5, 5.41) is 2.80. The summed E-state index contributed by atoms with van der Waals surface area (Å²) < 4.78 is 20.3. The van der Waals surface area contributed by atoms with E-state index in [4.69, 9.17) is 4.74 Å². The molecule has 0 heterocycles. The molecule has 0 saturated carbocycles. The van der Waals surface area contributed by atoms with Crippen molar-refractivity contribution in [3.63, 3.8) is 0 Å². The zero-order valence-electron chi connectivity index (χ0n) is 16.5. The van der Waals surface area contributed by atoms with E-state index in [1.165, 1.54) is 24.3 Å². The molecular formula is C26H19BrFNO2. The van der Waals surface area contributed by atoms with E-state index in [0.29, 0.717) is 11.4 Å². The summed E-state index contributed by atoms with van der Waals surface area (Å²) in [7, 11) is 0. The van der Waals surface area contributed by atoms with E-state index in [0.717, 1.165) is 21.2 Å². The summed E-state index contributed by atoms with van der Waals surface area (Å²) >= 11 is 3.44. The molecule has 1 amide bonds. The van der Waals surface area contributed by atoms with Gasteiger partial charge in [0.15, 0.2) is 0 Å². The number of hydrogen-bond acceptors (Lipinski definition) is 2. The Morgan fingerprint density at radius 3 is 1.97 bits per heavy atom. The van der Waals surface area contributed by atoms with E-state index in [1.54, 1.807) is 0 Å². The lowest BCUT2D eigenvalue weighted by Crippen LogP contribution is -2.25. The van der Waals surface area contributed by atoms with Crippen molar-refractivity contribution in [2.75, 3.05) is 5.32 Å². The molecule has 0 fully saturated rings. The number of rotatable bonds is 6. The van der Waals surface area contributed by atoms with Gasteiger partial charge in [-0.15, -0.1) is 0 Å². The molecule has 1 unspecified atom stereocenters. The van der Waals surface area contributed by atoms with Gasteiger partial charge in [0.25, 0.3) is 5.91 Å². The Labute approximate surface area is 188 Å². The molecule has 4 aromatic rings. The molecule has 0 aliphatic rings. The van der Waals surface area contributed by atoms with Gasteiger partial charge in [0.05, 0.1) is 0 Å².